The Labute approximate surface area is 137 Å². The number of hydrogen-bond acceptors (Lipinski definition) is 5. The summed E-state index contributed by atoms with van der Waals surface area (Å²) in [5.74, 6) is 0. The van der Waals surface area contributed by atoms with Crippen LogP contribution in [0.2, 0.25) is 0 Å². The molecule has 0 unspecified atom stereocenters. The third kappa shape index (κ3) is 4.01. The lowest BCUT2D eigenvalue weighted by molar-refractivity contribution is -0.137. The fraction of sp³-hybridized carbons (Fsp3) is 0.286. The summed E-state index contributed by atoms with van der Waals surface area (Å²) in [4.78, 5) is 30.9. The van der Waals surface area contributed by atoms with E-state index < -0.39 is 23.0 Å². The van der Waals surface area contributed by atoms with Crippen LogP contribution in [0.25, 0.3) is 0 Å². The molecule has 2 N–H and O–H groups in total. The Hall–Kier alpha value is -2.20. The van der Waals surface area contributed by atoms with Crippen LogP contribution in [-0.2, 0) is 6.18 Å². The van der Waals surface area contributed by atoms with E-state index >= 15 is 0 Å². The number of nitrogens with one attached hydrogen (secondary N) is 1. The van der Waals surface area contributed by atoms with Crippen molar-refractivity contribution in [1.29, 1.82) is 0 Å². The van der Waals surface area contributed by atoms with Crippen molar-refractivity contribution in [2.24, 2.45) is 0 Å². The molecule has 1 heterocycles. The zero-order valence-corrected chi connectivity index (χ0v) is 13.2. The SMILES string of the molecule is Cc1c(Sc2cccc(C(F)(F)F)c2)n(OCCO)c(=O)[nH]c1=O. The fourth-order valence-electron chi connectivity index (χ4n) is 1.80. The number of aliphatic hydroxyl groups excluding tert-OH is 1. The summed E-state index contributed by atoms with van der Waals surface area (Å²) in [6.45, 7) is 0.812. The maximum absolute atomic E-state index is 12.8. The van der Waals surface area contributed by atoms with Gasteiger partial charge in [-0.05, 0) is 25.1 Å². The van der Waals surface area contributed by atoms with Gasteiger partial charge in [-0.1, -0.05) is 17.8 Å². The molecule has 1 aromatic carbocycles. The predicted molar refractivity (Wildman–Crippen MR) is 80.2 cm³/mol. The molecule has 0 atom stereocenters. The van der Waals surface area contributed by atoms with E-state index in [1.54, 1.807) is 0 Å². The van der Waals surface area contributed by atoms with E-state index in [1.807, 2.05) is 4.98 Å². The molecule has 0 saturated carbocycles. The highest BCUT2D eigenvalue weighted by molar-refractivity contribution is 7.99. The summed E-state index contributed by atoms with van der Waals surface area (Å²) in [5, 5.41) is 8.84. The minimum Gasteiger partial charge on any atom is -0.406 e. The highest BCUT2D eigenvalue weighted by Crippen LogP contribution is 2.34. The van der Waals surface area contributed by atoms with Gasteiger partial charge in [-0.3, -0.25) is 9.78 Å². The van der Waals surface area contributed by atoms with Crippen LogP contribution in [0.15, 0.2) is 43.8 Å². The Bertz CT molecular complexity index is 845. The summed E-state index contributed by atoms with van der Waals surface area (Å²) in [5.41, 5.74) is -2.29. The number of H-pyrrole nitrogens is 1. The maximum atomic E-state index is 12.8. The number of aromatic amines is 1. The van der Waals surface area contributed by atoms with Crippen LogP contribution < -0.4 is 16.1 Å². The van der Waals surface area contributed by atoms with Gasteiger partial charge >= 0.3 is 11.9 Å². The smallest absolute Gasteiger partial charge is 0.406 e. The van der Waals surface area contributed by atoms with Gasteiger partial charge in [0.05, 0.1) is 12.2 Å². The average molecular weight is 362 g/mol. The Balaban J connectivity index is 2.49. The van der Waals surface area contributed by atoms with Crippen molar-refractivity contribution in [2.45, 2.75) is 23.0 Å². The average Bonchev–Trinajstić information content (AvgIpc) is 2.51. The molecule has 0 aliphatic carbocycles. The topological polar surface area (TPSA) is 84.3 Å². The number of halogens is 3. The van der Waals surface area contributed by atoms with Crippen molar-refractivity contribution in [2.75, 3.05) is 13.2 Å². The molecule has 0 fully saturated rings. The standard InChI is InChI=1S/C14H13F3N2O4S/c1-8-11(21)18-13(22)19(23-6-5-20)12(8)24-10-4-2-3-9(7-10)14(15,16)17/h2-4,7,20H,5-6H2,1H3,(H,18,21,22). The van der Waals surface area contributed by atoms with Crippen molar-refractivity contribution < 1.29 is 23.1 Å². The Morgan fingerprint density at radius 3 is 2.67 bits per heavy atom. The van der Waals surface area contributed by atoms with Gasteiger partial charge in [0.2, 0.25) is 0 Å². The third-order valence-corrected chi connectivity index (χ3v) is 4.09. The number of aromatic nitrogens is 2. The van der Waals surface area contributed by atoms with Crippen molar-refractivity contribution >= 4 is 11.8 Å². The molecular formula is C14H13F3N2O4S. The maximum Gasteiger partial charge on any atom is 0.416 e. The highest BCUT2D eigenvalue weighted by atomic mass is 32.2. The Kier molecular flexibility index (Phi) is 5.40. The zero-order valence-electron chi connectivity index (χ0n) is 12.4. The van der Waals surface area contributed by atoms with Gasteiger partial charge in [0.25, 0.3) is 5.56 Å². The van der Waals surface area contributed by atoms with Crippen LogP contribution in [0.3, 0.4) is 0 Å². The zero-order chi connectivity index (χ0) is 17.9. The second kappa shape index (κ2) is 7.14. The van der Waals surface area contributed by atoms with Crippen LogP contribution in [0.1, 0.15) is 11.1 Å². The first-order valence-electron chi connectivity index (χ1n) is 6.69. The molecule has 10 heteroatoms. The van der Waals surface area contributed by atoms with E-state index in [0.29, 0.717) is 0 Å². The molecule has 0 amide bonds. The van der Waals surface area contributed by atoms with Gasteiger partial charge in [0.15, 0.2) is 0 Å². The molecule has 2 rings (SSSR count). The van der Waals surface area contributed by atoms with Crippen molar-refractivity contribution in [1.82, 2.24) is 9.71 Å². The molecule has 0 spiro atoms. The summed E-state index contributed by atoms with van der Waals surface area (Å²) in [6.07, 6.45) is -4.51. The van der Waals surface area contributed by atoms with Crippen LogP contribution in [-0.4, -0.2) is 28.0 Å². The number of nitrogens with zero attached hydrogens (tertiary/aromatic N) is 1. The fourth-order valence-corrected chi connectivity index (χ4v) is 2.82. The Morgan fingerprint density at radius 2 is 2.04 bits per heavy atom. The van der Waals surface area contributed by atoms with Crippen LogP contribution in [0.5, 0.6) is 0 Å². The molecule has 0 radical (unpaired) electrons. The molecule has 0 aliphatic heterocycles. The van der Waals surface area contributed by atoms with Crippen molar-refractivity contribution in [3.8, 4) is 0 Å². The first-order valence-corrected chi connectivity index (χ1v) is 7.51. The first-order chi connectivity index (χ1) is 11.2. The van der Waals surface area contributed by atoms with Gasteiger partial charge in [-0.2, -0.15) is 13.2 Å². The number of rotatable bonds is 5. The van der Waals surface area contributed by atoms with Crippen molar-refractivity contribution in [3.63, 3.8) is 0 Å². The molecule has 0 bridgehead atoms. The molecule has 24 heavy (non-hydrogen) atoms. The number of hydrogen-bond donors (Lipinski definition) is 2. The van der Waals surface area contributed by atoms with Crippen LogP contribution in [0, 0.1) is 6.92 Å². The molecule has 6 nitrogen and oxygen atoms in total. The lowest BCUT2D eigenvalue weighted by Crippen LogP contribution is -2.37. The van der Waals surface area contributed by atoms with Crippen LogP contribution >= 0.6 is 11.8 Å². The third-order valence-electron chi connectivity index (χ3n) is 2.94. The van der Waals surface area contributed by atoms with Crippen LogP contribution in [0.4, 0.5) is 13.2 Å². The molecular weight excluding hydrogens is 349 g/mol. The normalized spacial score (nSPS) is 11.5. The van der Waals surface area contributed by atoms with E-state index in [-0.39, 0.29) is 28.7 Å². The van der Waals surface area contributed by atoms with Gasteiger partial charge in [-0.25, -0.2) is 4.79 Å². The lowest BCUT2D eigenvalue weighted by atomic mass is 10.2. The highest BCUT2D eigenvalue weighted by Gasteiger charge is 2.30. The molecule has 0 aliphatic rings. The first kappa shape index (κ1) is 18.1. The molecule has 2 aromatic rings. The van der Waals surface area contributed by atoms with E-state index in [4.69, 9.17) is 9.94 Å². The lowest BCUT2D eigenvalue weighted by Gasteiger charge is -2.14. The van der Waals surface area contributed by atoms with Gasteiger partial charge in [0.1, 0.15) is 11.6 Å². The van der Waals surface area contributed by atoms with E-state index in [0.717, 1.165) is 28.6 Å². The number of aliphatic hydroxyl groups is 1. The molecule has 0 saturated heterocycles. The van der Waals surface area contributed by atoms with Gasteiger partial charge in [-0.15, -0.1) is 4.73 Å². The minimum atomic E-state index is -4.51. The summed E-state index contributed by atoms with van der Waals surface area (Å²) < 4.78 is 39.1. The second-order valence-corrected chi connectivity index (χ2v) is 5.73. The van der Waals surface area contributed by atoms with Gasteiger partial charge < -0.3 is 9.94 Å². The number of alkyl halides is 3. The number of benzene rings is 1. The Morgan fingerprint density at radius 1 is 1.33 bits per heavy atom. The summed E-state index contributed by atoms with van der Waals surface area (Å²) in [7, 11) is 0. The van der Waals surface area contributed by atoms with E-state index in [1.165, 1.54) is 19.1 Å². The largest absolute Gasteiger partial charge is 0.416 e. The van der Waals surface area contributed by atoms with E-state index in [2.05, 4.69) is 0 Å². The minimum absolute atomic E-state index is 0.0384. The van der Waals surface area contributed by atoms with E-state index in [9.17, 15) is 22.8 Å². The van der Waals surface area contributed by atoms with Gasteiger partial charge in [0, 0.05) is 10.5 Å². The monoisotopic (exact) mass is 362 g/mol. The molecule has 130 valence electrons. The second-order valence-electron chi connectivity index (χ2n) is 4.67. The quantitative estimate of drug-likeness (QED) is 0.787. The summed E-state index contributed by atoms with van der Waals surface area (Å²) >= 11 is 0.786. The van der Waals surface area contributed by atoms with Crippen molar-refractivity contribution in [3.05, 3.63) is 56.2 Å². The predicted octanol–water partition coefficient (Wildman–Crippen LogP) is 1.44. The summed E-state index contributed by atoms with van der Waals surface area (Å²) in [6, 6.07) is 4.47. The molecule has 1 aromatic heterocycles.